The van der Waals surface area contributed by atoms with Crippen LogP contribution in [-0.2, 0) is 16.1 Å². The lowest BCUT2D eigenvalue weighted by molar-refractivity contribution is -0.146. The van der Waals surface area contributed by atoms with E-state index in [0.29, 0.717) is 18.5 Å². The van der Waals surface area contributed by atoms with Crippen LogP contribution >= 0.6 is 15.9 Å². The van der Waals surface area contributed by atoms with Gasteiger partial charge in [-0.2, -0.15) is 0 Å². The first-order valence-electron chi connectivity index (χ1n) is 9.88. The van der Waals surface area contributed by atoms with Crippen molar-refractivity contribution >= 4 is 21.9 Å². The first kappa shape index (κ1) is 21.7. The predicted octanol–water partition coefficient (Wildman–Crippen LogP) is 4.39. The highest BCUT2D eigenvalue weighted by atomic mass is 79.9. The van der Waals surface area contributed by atoms with Gasteiger partial charge < -0.3 is 9.47 Å². The van der Waals surface area contributed by atoms with Crippen molar-refractivity contribution in [2.24, 2.45) is 5.92 Å². The lowest BCUT2D eigenvalue weighted by Gasteiger charge is -2.33. The summed E-state index contributed by atoms with van der Waals surface area (Å²) in [5, 5.41) is 0. The van der Waals surface area contributed by atoms with Crippen LogP contribution in [0.2, 0.25) is 0 Å². The average molecular weight is 462 g/mol. The summed E-state index contributed by atoms with van der Waals surface area (Å²) in [6.07, 6.45) is 5.49. The molecule has 0 amide bonds. The minimum absolute atomic E-state index is 0.0340. The molecule has 2 aromatic rings. The number of aromatic nitrogens is 2. The van der Waals surface area contributed by atoms with Gasteiger partial charge in [-0.15, -0.1) is 0 Å². The Morgan fingerprint density at radius 3 is 2.62 bits per heavy atom. The summed E-state index contributed by atoms with van der Waals surface area (Å²) in [6.45, 7) is 2.71. The van der Waals surface area contributed by atoms with Gasteiger partial charge in [0.15, 0.2) is 0 Å². The summed E-state index contributed by atoms with van der Waals surface area (Å²) in [5.41, 5.74) is 3.77. The first-order valence-corrected chi connectivity index (χ1v) is 10.7. The molecule has 1 fully saturated rings. The normalized spacial score (nSPS) is 19.2. The van der Waals surface area contributed by atoms with Crippen molar-refractivity contribution in [2.45, 2.75) is 45.2 Å². The van der Waals surface area contributed by atoms with Gasteiger partial charge in [-0.1, -0.05) is 28.1 Å². The highest BCUT2D eigenvalue weighted by Crippen LogP contribution is 2.31. The highest BCUT2D eigenvalue weighted by Gasteiger charge is 2.29. The predicted molar refractivity (Wildman–Crippen MR) is 116 cm³/mol. The molecule has 29 heavy (non-hydrogen) atoms. The van der Waals surface area contributed by atoms with Crippen molar-refractivity contribution in [1.82, 2.24) is 14.9 Å². The highest BCUT2D eigenvalue weighted by molar-refractivity contribution is 9.10. The number of rotatable bonds is 6. The van der Waals surface area contributed by atoms with Gasteiger partial charge in [0.2, 0.25) is 5.88 Å². The van der Waals surface area contributed by atoms with Crippen LogP contribution in [0.3, 0.4) is 0 Å². The van der Waals surface area contributed by atoms with Crippen molar-refractivity contribution in [3.63, 3.8) is 0 Å². The van der Waals surface area contributed by atoms with Gasteiger partial charge in [-0.05, 0) is 51.3 Å². The third-order valence-electron chi connectivity index (χ3n) is 5.80. The molecule has 0 N–H and O–H groups in total. The fourth-order valence-corrected chi connectivity index (χ4v) is 4.33. The zero-order valence-corrected chi connectivity index (χ0v) is 19.0. The summed E-state index contributed by atoms with van der Waals surface area (Å²) in [5.74, 6) is 0.501. The molecule has 1 aromatic heterocycles. The maximum Gasteiger partial charge on any atom is 0.308 e. The van der Waals surface area contributed by atoms with Crippen molar-refractivity contribution in [2.75, 3.05) is 21.3 Å². The Balaban J connectivity index is 1.71. The number of carbonyl (C=O) groups excluding carboxylic acids is 1. The summed E-state index contributed by atoms with van der Waals surface area (Å²) in [6, 6.07) is 6.46. The lowest BCUT2D eigenvalue weighted by Crippen LogP contribution is -2.36. The molecule has 0 atom stereocenters. The molecule has 7 heteroatoms. The topological polar surface area (TPSA) is 64.5 Å². The van der Waals surface area contributed by atoms with E-state index in [9.17, 15) is 4.79 Å². The van der Waals surface area contributed by atoms with Crippen LogP contribution < -0.4 is 4.74 Å². The zero-order chi connectivity index (χ0) is 21.0. The van der Waals surface area contributed by atoms with Gasteiger partial charge in [0.1, 0.15) is 5.69 Å². The Bertz CT molecular complexity index is 866. The molecule has 1 aliphatic carbocycles. The quantitative estimate of drug-likeness (QED) is 0.594. The molecule has 1 heterocycles. The molecule has 0 bridgehead atoms. The van der Waals surface area contributed by atoms with Crippen LogP contribution in [0, 0.1) is 12.8 Å². The van der Waals surface area contributed by atoms with Crippen molar-refractivity contribution < 1.29 is 14.3 Å². The fourth-order valence-electron chi connectivity index (χ4n) is 3.97. The Kier molecular flexibility index (Phi) is 7.24. The third-order valence-corrected chi connectivity index (χ3v) is 6.66. The second kappa shape index (κ2) is 9.67. The van der Waals surface area contributed by atoms with E-state index in [1.54, 1.807) is 7.11 Å². The standard InChI is InChI=1S/C22H28BrN3O3/c1-14-17(6-5-7-18(14)23)19-12-24-20(21(25-19)28-3)13-26(2)16-10-8-15(9-11-16)22(27)29-4/h5-7,12,15-16H,8-11,13H2,1-4H3. The molecule has 156 valence electrons. The second-order valence-corrected chi connectivity index (χ2v) is 8.42. The molecular formula is C22H28BrN3O3. The number of esters is 1. The molecule has 0 aliphatic heterocycles. The van der Waals surface area contributed by atoms with Gasteiger partial charge in [-0.3, -0.25) is 14.7 Å². The number of carbonyl (C=O) groups is 1. The smallest absolute Gasteiger partial charge is 0.308 e. The summed E-state index contributed by atoms with van der Waals surface area (Å²) >= 11 is 3.57. The number of methoxy groups -OCH3 is 2. The van der Waals surface area contributed by atoms with Gasteiger partial charge in [-0.25, -0.2) is 4.98 Å². The average Bonchev–Trinajstić information content (AvgIpc) is 2.75. The van der Waals surface area contributed by atoms with Crippen molar-refractivity contribution in [3.05, 3.63) is 40.1 Å². The lowest BCUT2D eigenvalue weighted by atomic mass is 9.85. The molecule has 3 rings (SSSR count). The fraction of sp³-hybridized carbons (Fsp3) is 0.500. The number of benzene rings is 1. The van der Waals surface area contributed by atoms with Gasteiger partial charge in [0, 0.05) is 22.6 Å². The molecule has 0 unspecified atom stereocenters. The summed E-state index contributed by atoms with van der Waals surface area (Å²) in [4.78, 5) is 23.4. The summed E-state index contributed by atoms with van der Waals surface area (Å²) < 4.78 is 11.5. The molecule has 0 spiro atoms. The Morgan fingerprint density at radius 1 is 1.24 bits per heavy atom. The summed E-state index contributed by atoms with van der Waals surface area (Å²) in [7, 11) is 5.19. The second-order valence-electron chi connectivity index (χ2n) is 7.57. The minimum Gasteiger partial charge on any atom is -0.480 e. The molecule has 6 nitrogen and oxygen atoms in total. The maximum atomic E-state index is 11.7. The maximum absolute atomic E-state index is 11.7. The van der Waals surface area contributed by atoms with Crippen LogP contribution in [-0.4, -0.2) is 48.1 Å². The van der Waals surface area contributed by atoms with E-state index in [0.717, 1.165) is 52.7 Å². The van der Waals surface area contributed by atoms with Gasteiger partial charge in [0.25, 0.3) is 0 Å². The number of hydrogen-bond acceptors (Lipinski definition) is 6. The number of halogens is 1. The van der Waals surface area contributed by atoms with Gasteiger partial charge in [0.05, 0.1) is 32.0 Å². The molecule has 1 aromatic carbocycles. The molecule has 1 aliphatic rings. The van der Waals surface area contributed by atoms with E-state index < -0.39 is 0 Å². The van der Waals surface area contributed by atoms with Crippen molar-refractivity contribution in [1.29, 1.82) is 0 Å². The number of ether oxygens (including phenoxy) is 2. The largest absolute Gasteiger partial charge is 0.480 e. The van der Waals surface area contributed by atoms with Crippen LogP contribution in [0.1, 0.15) is 36.9 Å². The van der Waals surface area contributed by atoms with Crippen LogP contribution in [0.25, 0.3) is 11.3 Å². The first-order chi connectivity index (χ1) is 13.9. The van der Waals surface area contributed by atoms with E-state index in [4.69, 9.17) is 14.5 Å². The molecule has 1 saturated carbocycles. The Labute approximate surface area is 180 Å². The SMILES string of the molecule is COC(=O)C1CCC(N(C)Cc2ncc(-c3cccc(Br)c3C)nc2OC)CC1. The Hall–Kier alpha value is -1.99. The van der Waals surface area contributed by atoms with Crippen LogP contribution in [0.4, 0.5) is 0 Å². The number of hydrogen-bond donors (Lipinski definition) is 0. The van der Waals surface area contributed by atoms with Crippen LogP contribution in [0.5, 0.6) is 5.88 Å². The Morgan fingerprint density at radius 2 is 1.97 bits per heavy atom. The minimum atomic E-state index is -0.0860. The zero-order valence-electron chi connectivity index (χ0n) is 17.4. The van der Waals surface area contributed by atoms with E-state index in [-0.39, 0.29) is 11.9 Å². The van der Waals surface area contributed by atoms with Crippen LogP contribution in [0.15, 0.2) is 28.9 Å². The molecular weight excluding hydrogens is 434 g/mol. The van der Waals surface area contributed by atoms with E-state index in [1.807, 2.05) is 24.4 Å². The number of nitrogens with zero attached hydrogens (tertiary/aromatic N) is 3. The van der Waals surface area contributed by atoms with E-state index in [2.05, 4.69) is 39.8 Å². The monoisotopic (exact) mass is 461 g/mol. The van der Waals surface area contributed by atoms with E-state index >= 15 is 0 Å². The van der Waals surface area contributed by atoms with Crippen molar-refractivity contribution in [3.8, 4) is 17.1 Å². The molecule has 0 radical (unpaired) electrons. The van der Waals surface area contributed by atoms with Gasteiger partial charge >= 0.3 is 5.97 Å². The third kappa shape index (κ3) is 4.95. The van der Waals surface area contributed by atoms with E-state index in [1.165, 1.54) is 7.11 Å². The molecule has 0 saturated heterocycles.